The minimum atomic E-state index is -0.298. The van der Waals surface area contributed by atoms with E-state index < -0.39 is 0 Å². The predicted octanol–water partition coefficient (Wildman–Crippen LogP) is 5.59. The Bertz CT molecular complexity index is 1240. The molecule has 2 heterocycles. The third kappa shape index (κ3) is 3.04. The van der Waals surface area contributed by atoms with Crippen LogP contribution in [0.1, 0.15) is 25.8 Å². The Kier molecular flexibility index (Phi) is 4.70. The lowest BCUT2D eigenvalue weighted by Gasteiger charge is -2.32. The minimum Gasteiger partial charge on any atom is -0.374 e. The SMILES string of the molecule is CCn1c2ccccc2c2cc(N[C@H](C)C(=O)N3CCCc4ccccc43)ccc21. The topological polar surface area (TPSA) is 37.3 Å². The number of para-hydroxylation sites is 2. The number of aromatic nitrogens is 1. The van der Waals surface area contributed by atoms with E-state index in [9.17, 15) is 4.79 Å². The highest BCUT2D eigenvalue weighted by Gasteiger charge is 2.26. The van der Waals surface area contributed by atoms with Crippen molar-refractivity contribution in [2.75, 3.05) is 16.8 Å². The fourth-order valence-electron chi connectivity index (χ4n) is 4.79. The van der Waals surface area contributed by atoms with Crippen LogP contribution in [-0.2, 0) is 17.8 Å². The van der Waals surface area contributed by atoms with Crippen molar-refractivity contribution in [3.8, 4) is 0 Å². The zero-order chi connectivity index (χ0) is 20.7. The molecule has 1 aliphatic rings. The van der Waals surface area contributed by atoms with Gasteiger partial charge in [0.2, 0.25) is 5.91 Å². The maximum atomic E-state index is 13.3. The summed E-state index contributed by atoms with van der Waals surface area (Å²) in [6.07, 6.45) is 2.05. The molecular formula is C26H27N3O. The van der Waals surface area contributed by atoms with Gasteiger partial charge in [0.15, 0.2) is 0 Å². The molecule has 0 aliphatic carbocycles. The Morgan fingerprint density at radius 2 is 1.77 bits per heavy atom. The summed E-state index contributed by atoms with van der Waals surface area (Å²) in [5, 5.41) is 5.93. The van der Waals surface area contributed by atoms with Crippen LogP contribution in [0.25, 0.3) is 21.8 Å². The van der Waals surface area contributed by atoms with E-state index in [1.807, 2.05) is 17.9 Å². The average Bonchev–Trinajstić information content (AvgIpc) is 3.11. The first kappa shape index (κ1) is 18.7. The van der Waals surface area contributed by atoms with Gasteiger partial charge in [-0.05, 0) is 62.6 Å². The number of fused-ring (bicyclic) bond motifs is 4. The number of nitrogens with zero attached hydrogens (tertiary/aromatic N) is 2. The molecule has 0 fully saturated rings. The summed E-state index contributed by atoms with van der Waals surface area (Å²) >= 11 is 0. The third-order valence-corrected chi connectivity index (χ3v) is 6.22. The molecule has 5 rings (SSSR count). The zero-order valence-electron chi connectivity index (χ0n) is 17.6. The van der Waals surface area contributed by atoms with Crippen LogP contribution in [-0.4, -0.2) is 23.1 Å². The molecule has 30 heavy (non-hydrogen) atoms. The van der Waals surface area contributed by atoms with Crippen LogP contribution in [0, 0.1) is 0 Å². The van der Waals surface area contributed by atoms with Gasteiger partial charge in [-0.1, -0.05) is 36.4 Å². The van der Waals surface area contributed by atoms with Crippen LogP contribution >= 0.6 is 0 Å². The Labute approximate surface area is 177 Å². The van der Waals surface area contributed by atoms with Gasteiger partial charge in [0, 0.05) is 46.3 Å². The lowest BCUT2D eigenvalue weighted by atomic mass is 10.0. The zero-order valence-corrected chi connectivity index (χ0v) is 17.6. The number of hydrogen-bond acceptors (Lipinski definition) is 2. The van der Waals surface area contributed by atoms with Crippen LogP contribution in [0.4, 0.5) is 11.4 Å². The van der Waals surface area contributed by atoms with E-state index in [4.69, 9.17) is 0 Å². The molecule has 1 aliphatic heterocycles. The molecule has 1 amide bonds. The maximum Gasteiger partial charge on any atom is 0.249 e. The van der Waals surface area contributed by atoms with Gasteiger partial charge in [0.1, 0.15) is 6.04 Å². The lowest BCUT2D eigenvalue weighted by Crippen LogP contribution is -2.44. The van der Waals surface area contributed by atoms with Crippen molar-refractivity contribution in [2.45, 2.75) is 39.3 Å². The molecule has 4 aromatic rings. The first-order chi connectivity index (χ1) is 14.7. The molecule has 0 bridgehead atoms. The van der Waals surface area contributed by atoms with E-state index in [-0.39, 0.29) is 11.9 Å². The molecule has 4 nitrogen and oxygen atoms in total. The molecule has 1 aromatic heterocycles. The van der Waals surface area contributed by atoms with E-state index in [1.165, 1.54) is 27.4 Å². The molecule has 1 N–H and O–H groups in total. The van der Waals surface area contributed by atoms with E-state index in [1.54, 1.807) is 0 Å². The van der Waals surface area contributed by atoms with Crippen molar-refractivity contribution < 1.29 is 4.79 Å². The van der Waals surface area contributed by atoms with Crippen molar-refractivity contribution in [3.05, 3.63) is 72.3 Å². The quantitative estimate of drug-likeness (QED) is 0.487. The molecule has 0 saturated carbocycles. The van der Waals surface area contributed by atoms with Crippen molar-refractivity contribution >= 4 is 39.1 Å². The minimum absolute atomic E-state index is 0.123. The van der Waals surface area contributed by atoms with Gasteiger partial charge in [-0.3, -0.25) is 4.79 Å². The summed E-state index contributed by atoms with van der Waals surface area (Å²) in [4.78, 5) is 15.2. The summed E-state index contributed by atoms with van der Waals surface area (Å²) in [5.41, 5.74) is 5.78. The molecule has 152 valence electrons. The molecular weight excluding hydrogens is 370 g/mol. The van der Waals surface area contributed by atoms with Gasteiger partial charge in [0.05, 0.1) is 0 Å². The third-order valence-electron chi connectivity index (χ3n) is 6.22. The highest BCUT2D eigenvalue weighted by atomic mass is 16.2. The summed E-state index contributed by atoms with van der Waals surface area (Å²) in [5.74, 6) is 0.123. The Balaban J connectivity index is 1.44. The van der Waals surface area contributed by atoms with Crippen molar-refractivity contribution in [3.63, 3.8) is 0 Å². The van der Waals surface area contributed by atoms with Crippen LogP contribution in [0.15, 0.2) is 66.7 Å². The highest BCUT2D eigenvalue weighted by molar-refractivity contribution is 6.09. The lowest BCUT2D eigenvalue weighted by molar-refractivity contribution is -0.119. The van der Waals surface area contributed by atoms with Gasteiger partial charge in [-0.25, -0.2) is 0 Å². The molecule has 0 radical (unpaired) electrons. The number of aryl methyl sites for hydroxylation is 2. The normalized spacial score (nSPS) is 14.7. The smallest absolute Gasteiger partial charge is 0.249 e. The van der Waals surface area contributed by atoms with E-state index in [0.717, 1.165) is 37.3 Å². The second-order valence-electron chi connectivity index (χ2n) is 8.08. The number of hydrogen-bond donors (Lipinski definition) is 1. The molecule has 0 saturated heterocycles. The Morgan fingerprint density at radius 3 is 2.63 bits per heavy atom. The number of carbonyl (C=O) groups excluding carboxylic acids is 1. The standard InChI is InChI=1S/C26H27N3O/c1-3-28-24-13-7-5-11-21(24)22-17-20(14-15-25(22)28)27-18(2)26(30)29-16-8-10-19-9-4-6-12-23(19)29/h4-7,9,11-15,17-18,27H,3,8,10,16H2,1-2H3/t18-/m1/s1. The molecule has 1 atom stereocenters. The molecule has 3 aromatic carbocycles. The number of anilines is 2. The van der Waals surface area contributed by atoms with Gasteiger partial charge >= 0.3 is 0 Å². The Morgan fingerprint density at radius 1 is 1.00 bits per heavy atom. The molecule has 0 spiro atoms. The van der Waals surface area contributed by atoms with E-state index in [2.05, 4.69) is 77.5 Å². The number of rotatable bonds is 4. The fraction of sp³-hybridized carbons (Fsp3) is 0.269. The second kappa shape index (κ2) is 7.52. The van der Waals surface area contributed by atoms with Crippen LogP contribution in [0.5, 0.6) is 0 Å². The van der Waals surface area contributed by atoms with E-state index >= 15 is 0 Å². The fourth-order valence-corrected chi connectivity index (χ4v) is 4.79. The highest BCUT2D eigenvalue weighted by Crippen LogP contribution is 2.32. The number of nitrogens with one attached hydrogen (secondary N) is 1. The van der Waals surface area contributed by atoms with E-state index in [0.29, 0.717) is 0 Å². The Hall–Kier alpha value is -3.27. The van der Waals surface area contributed by atoms with Crippen LogP contribution < -0.4 is 10.2 Å². The van der Waals surface area contributed by atoms with Crippen molar-refractivity contribution in [2.24, 2.45) is 0 Å². The first-order valence-corrected chi connectivity index (χ1v) is 10.8. The largest absolute Gasteiger partial charge is 0.374 e. The monoisotopic (exact) mass is 397 g/mol. The van der Waals surface area contributed by atoms with Crippen molar-refractivity contribution in [1.29, 1.82) is 0 Å². The van der Waals surface area contributed by atoms with Crippen molar-refractivity contribution in [1.82, 2.24) is 4.57 Å². The number of benzene rings is 3. The number of amides is 1. The van der Waals surface area contributed by atoms with Gasteiger partial charge in [-0.15, -0.1) is 0 Å². The number of carbonyl (C=O) groups is 1. The summed E-state index contributed by atoms with van der Waals surface area (Å²) in [6, 6.07) is 22.9. The van der Waals surface area contributed by atoms with Gasteiger partial charge < -0.3 is 14.8 Å². The summed E-state index contributed by atoms with van der Waals surface area (Å²) < 4.78 is 2.34. The molecule has 0 unspecified atom stereocenters. The summed E-state index contributed by atoms with van der Waals surface area (Å²) in [7, 11) is 0. The summed E-state index contributed by atoms with van der Waals surface area (Å²) in [6.45, 7) is 5.85. The predicted molar refractivity (Wildman–Crippen MR) is 125 cm³/mol. The molecule has 4 heteroatoms. The van der Waals surface area contributed by atoms with Gasteiger partial charge in [-0.2, -0.15) is 0 Å². The van der Waals surface area contributed by atoms with Crippen LogP contribution in [0.2, 0.25) is 0 Å². The first-order valence-electron chi connectivity index (χ1n) is 10.8. The second-order valence-corrected chi connectivity index (χ2v) is 8.08. The average molecular weight is 398 g/mol. The maximum absolute atomic E-state index is 13.3. The van der Waals surface area contributed by atoms with Gasteiger partial charge in [0.25, 0.3) is 0 Å². The van der Waals surface area contributed by atoms with Crippen LogP contribution in [0.3, 0.4) is 0 Å².